The molecule has 0 fully saturated rings. The number of aliphatic hydroxyl groups is 1. The van der Waals surface area contributed by atoms with Gasteiger partial charge in [-0.3, -0.25) is 9.59 Å². The van der Waals surface area contributed by atoms with Gasteiger partial charge in [-0.15, -0.1) is 12.3 Å². The van der Waals surface area contributed by atoms with Crippen molar-refractivity contribution in [2.24, 2.45) is 0 Å². The van der Waals surface area contributed by atoms with Crippen molar-refractivity contribution in [2.75, 3.05) is 18.5 Å². The van der Waals surface area contributed by atoms with Gasteiger partial charge in [-0.2, -0.15) is 5.26 Å². The molecule has 0 aromatic heterocycles. The number of anilines is 1. The second-order valence-corrected chi connectivity index (χ2v) is 6.08. The third kappa shape index (κ3) is 9.34. The van der Waals surface area contributed by atoms with Gasteiger partial charge in [0, 0.05) is 24.9 Å². The molecular weight excluding hydrogens is 372 g/mol. The summed E-state index contributed by atoms with van der Waals surface area (Å²) in [6.07, 6.45) is 8.27. The molecule has 29 heavy (non-hydrogen) atoms. The average Bonchev–Trinajstić information content (AvgIpc) is 2.71. The predicted octanol–water partition coefficient (Wildman–Crippen LogP) is 3.88. The lowest BCUT2D eigenvalue weighted by Crippen LogP contribution is -2.15. The fraction of sp³-hybridized carbons (Fsp3) is 0.409. The van der Waals surface area contributed by atoms with Gasteiger partial charge >= 0.3 is 5.97 Å². The Morgan fingerprint density at radius 2 is 1.90 bits per heavy atom. The number of amides is 1. The Bertz CT molecular complexity index is 785. The Labute approximate surface area is 171 Å². The number of nitrogens with zero attached hydrogens (tertiary/aromatic N) is 1. The number of hydrogen-bond donors (Lipinski definition) is 2. The highest BCUT2D eigenvalue weighted by Gasteiger charge is 2.15. The van der Waals surface area contributed by atoms with Crippen molar-refractivity contribution in [2.45, 2.75) is 45.4 Å². The highest BCUT2D eigenvalue weighted by atomic mass is 16.5. The Morgan fingerprint density at radius 1 is 1.17 bits per heavy atom. The smallest absolute Gasteiger partial charge is 0.305 e. The van der Waals surface area contributed by atoms with E-state index in [1.165, 1.54) is 0 Å². The van der Waals surface area contributed by atoms with Crippen LogP contribution in [0.4, 0.5) is 5.69 Å². The molecule has 0 spiro atoms. The SMILES string of the molecule is C#CCC/C(O)=C(/C#N)C(=O)Nc1ccc(OCCCCCC(=O)OCC)cc1. The van der Waals surface area contributed by atoms with Crippen molar-refractivity contribution in [3.8, 4) is 24.2 Å². The molecule has 0 aliphatic rings. The largest absolute Gasteiger partial charge is 0.511 e. The normalized spacial score (nSPS) is 10.9. The van der Waals surface area contributed by atoms with Crippen molar-refractivity contribution in [1.82, 2.24) is 0 Å². The van der Waals surface area contributed by atoms with Gasteiger partial charge in [0.05, 0.1) is 13.2 Å². The molecule has 0 aliphatic carbocycles. The van der Waals surface area contributed by atoms with Gasteiger partial charge < -0.3 is 19.9 Å². The van der Waals surface area contributed by atoms with E-state index in [2.05, 4.69) is 11.2 Å². The van der Waals surface area contributed by atoms with Crippen LogP contribution in [0.3, 0.4) is 0 Å². The van der Waals surface area contributed by atoms with E-state index in [0.29, 0.717) is 31.1 Å². The van der Waals surface area contributed by atoms with E-state index in [0.717, 1.165) is 19.3 Å². The monoisotopic (exact) mass is 398 g/mol. The van der Waals surface area contributed by atoms with E-state index < -0.39 is 5.91 Å². The van der Waals surface area contributed by atoms with Crippen molar-refractivity contribution >= 4 is 17.6 Å². The maximum Gasteiger partial charge on any atom is 0.305 e. The van der Waals surface area contributed by atoms with Crippen LogP contribution in [0.15, 0.2) is 35.6 Å². The minimum Gasteiger partial charge on any atom is -0.511 e. The fourth-order valence-corrected chi connectivity index (χ4v) is 2.36. The van der Waals surface area contributed by atoms with E-state index in [-0.39, 0.29) is 30.1 Å². The Morgan fingerprint density at radius 3 is 2.52 bits per heavy atom. The van der Waals surface area contributed by atoms with Gasteiger partial charge in [0.15, 0.2) is 5.57 Å². The lowest BCUT2D eigenvalue weighted by molar-refractivity contribution is -0.143. The third-order valence-corrected chi connectivity index (χ3v) is 3.85. The van der Waals surface area contributed by atoms with Crippen LogP contribution in [0.1, 0.15) is 45.4 Å². The summed E-state index contributed by atoms with van der Waals surface area (Å²) in [6, 6.07) is 8.37. The molecule has 1 amide bonds. The number of nitrogens with one attached hydrogen (secondary N) is 1. The van der Waals surface area contributed by atoms with Crippen molar-refractivity contribution in [3.63, 3.8) is 0 Å². The van der Waals surface area contributed by atoms with E-state index >= 15 is 0 Å². The first kappa shape index (κ1) is 23.6. The molecule has 0 saturated heterocycles. The van der Waals surface area contributed by atoms with Gasteiger partial charge in [-0.1, -0.05) is 0 Å². The summed E-state index contributed by atoms with van der Waals surface area (Å²) in [6.45, 7) is 2.70. The number of hydrogen-bond acceptors (Lipinski definition) is 6. The van der Waals surface area contributed by atoms with Crippen LogP contribution < -0.4 is 10.1 Å². The molecule has 0 radical (unpaired) electrons. The molecule has 1 aromatic rings. The molecule has 1 aromatic carbocycles. The number of nitriles is 1. The Balaban J connectivity index is 2.42. The molecular formula is C22H26N2O5. The van der Waals surface area contributed by atoms with E-state index in [4.69, 9.17) is 21.2 Å². The quantitative estimate of drug-likeness (QED) is 0.138. The van der Waals surface area contributed by atoms with Crippen molar-refractivity contribution in [3.05, 3.63) is 35.6 Å². The molecule has 0 saturated carbocycles. The minimum atomic E-state index is -0.697. The van der Waals surface area contributed by atoms with Crippen LogP contribution in [0.2, 0.25) is 0 Å². The summed E-state index contributed by atoms with van der Waals surface area (Å²) in [5.74, 6) is 1.78. The zero-order valence-corrected chi connectivity index (χ0v) is 16.6. The first-order valence-electron chi connectivity index (χ1n) is 9.47. The molecule has 7 heteroatoms. The van der Waals surface area contributed by atoms with Crippen LogP contribution >= 0.6 is 0 Å². The van der Waals surface area contributed by atoms with Crippen LogP contribution in [-0.4, -0.2) is 30.2 Å². The number of unbranched alkanes of at least 4 members (excludes halogenated alkanes) is 2. The zero-order chi connectivity index (χ0) is 21.5. The first-order valence-corrected chi connectivity index (χ1v) is 9.47. The summed E-state index contributed by atoms with van der Waals surface area (Å²) in [5, 5.41) is 21.4. The maximum atomic E-state index is 12.1. The molecule has 0 heterocycles. The highest BCUT2D eigenvalue weighted by Crippen LogP contribution is 2.18. The molecule has 0 aliphatic heterocycles. The van der Waals surface area contributed by atoms with E-state index in [9.17, 15) is 14.7 Å². The van der Waals surface area contributed by atoms with Gasteiger partial charge in [-0.05, 0) is 50.5 Å². The van der Waals surface area contributed by atoms with Crippen molar-refractivity contribution in [1.29, 1.82) is 5.26 Å². The molecule has 1 rings (SSSR count). The van der Waals surface area contributed by atoms with Crippen molar-refractivity contribution < 1.29 is 24.2 Å². The number of carbonyl (C=O) groups is 2. The molecule has 7 nitrogen and oxygen atoms in total. The number of rotatable bonds is 12. The topological polar surface area (TPSA) is 109 Å². The summed E-state index contributed by atoms with van der Waals surface area (Å²) in [4.78, 5) is 23.4. The molecule has 2 N–H and O–H groups in total. The average molecular weight is 398 g/mol. The Hall–Kier alpha value is -3.45. The zero-order valence-electron chi connectivity index (χ0n) is 16.6. The predicted molar refractivity (Wildman–Crippen MR) is 109 cm³/mol. The third-order valence-electron chi connectivity index (χ3n) is 3.85. The van der Waals surface area contributed by atoms with Gasteiger partial charge in [-0.25, -0.2) is 0 Å². The lowest BCUT2D eigenvalue weighted by Gasteiger charge is -2.09. The number of terminal acetylenes is 1. The van der Waals surface area contributed by atoms with Crippen LogP contribution in [-0.2, 0) is 14.3 Å². The lowest BCUT2D eigenvalue weighted by atomic mass is 10.1. The number of esters is 1. The molecule has 0 bridgehead atoms. The summed E-state index contributed by atoms with van der Waals surface area (Å²) in [5.41, 5.74) is 0.109. The maximum absolute atomic E-state index is 12.1. The highest BCUT2D eigenvalue weighted by molar-refractivity contribution is 6.06. The second kappa shape index (κ2) is 13.7. The number of aliphatic hydroxyl groups excluding tert-OH is 1. The molecule has 0 atom stereocenters. The number of benzene rings is 1. The summed E-state index contributed by atoms with van der Waals surface area (Å²) < 4.78 is 10.5. The van der Waals surface area contributed by atoms with Crippen LogP contribution in [0.5, 0.6) is 5.75 Å². The first-order chi connectivity index (χ1) is 14.0. The number of allylic oxidation sites excluding steroid dienone is 1. The minimum absolute atomic E-state index is 0.0688. The second-order valence-electron chi connectivity index (χ2n) is 6.08. The van der Waals surface area contributed by atoms with Gasteiger partial charge in [0.2, 0.25) is 0 Å². The number of ether oxygens (including phenoxy) is 2. The van der Waals surface area contributed by atoms with E-state index in [1.54, 1.807) is 37.3 Å². The van der Waals surface area contributed by atoms with Crippen LogP contribution in [0, 0.1) is 23.7 Å². The van der Waals surface area contributed by atoms with Crippen LogP contribution in [0.25, 0.3) is 0 Å². The van der Waals surface area contributed by atoms with E-state index in [1.807, 2.05) is 0 Å². The number of carbonyl (C=O) groups excluding carboxylic acids is 2. The fourth-order valence-electron chi connectivity index (χ4n) is 2.36. The Kier molecular flexibility index (Phi) is 11.1. The van der Waals surface area contributed by atoms with Gasteiger partial charge in [0.1, 0.15) is 17.6 Å². The molecule has 0 unspecified atom stereocenters. The van der Waals surface area contributed by atoms with Gasteiger partial charge in [0.25, 0.3) is 5.91 Å². The summed E-state index contributed by atoms with van der Waals surface area (Å²) >= 11 is 0. The molecule has 154 valence electrons. The summed E-state index contributed by atoms with van der Waals surface area (Å²) in [7, 11) is 0. The standard InChI is InChI=1S/C22H26N2O5/c1-3-5-9-20(25)19(16-23)22(27)24-17-11-13-18(14-12-17)29-15-8-6-7-10-21(26)28-4-2/h1,11-14,25H,4-10,15H2,2H3,(H,24,27)/b20-19+.